The summed E-state index contributed by atoms with van der Waals surface area (Å²) in [5.41, 5.74) is 0. The fourth-order valence-corrected chi connectivity index (χ4v) is 0.727. The molecule has 0 radical (unpaired) electrons. The molecule has 0 aliphatic carbocycles. The van der Waals surface area contributed by atoms with Crippen molar-refractivity contribution in [1.29, 1.82) is 0 Å². The van der Waals surface area contributed by atoms with Gasteiger partial charge in [0.05, 0.1) is 6.54 Å². The van der Waals surface area contributed by atoms with Crippen LogP contribution in [0.4, 0.5) is 5.82 Å². The normalized spacial score (nSPS) is 9.08. The second kappa shape index (κ2) is 4.33. The van der Waals surface area contributed by atoms with Gasteiger partial charge in [-0.3, -0.25) is 4.79 Å². The van der Waals surface area contributed by atoms with Gasteiger partial charge in [-0.1, -0.05) is 6.07 Å². The summed E-state index contributed by atoms with van der Waals surface area (Å²) in [4.78, 5) is 14.8. The van der Waals surface area contributed by atoms with Gasteiger partial charge in [0.1, 0.15) is 5.82 Å². The van der Waals surface area contributed by atoms with Gasteiger partial charge in [-0.2, -0.15) is 0 Å². The Morgan fingerprint density at radius 3 is 3.08 bits per heavy atom. The first-order valence-electron chi connectivity index (χ1n) is 3.68. The highest BCUT2D eigenvalue weighted by molar-refractivity contribution is 5.79. The zero-order valence-corrected chi connectivity index (χ0v) is 6.87. The van der Waals surface area contributed by atoms with Gasteiger partial charge >= 0.3 is 0 Å². The van der Waals surface area contributed by atoms with Crippen molar-refractivity contribution < 1.29 is 7.65 Å². The van der Waals surface area contributed by atoms with E-state index >= 15 is 0 Å². The maximum absolute atomic E-state index is 10.8. The molecule has 0 fully saturated rings. The average molecular weight is 169 g/mol. The molecule has 4 nitrogen and oxygen atoms in total. The summed E-state index contributed by atoms with van der Waals surface area (Å²) in [6.07, 6.45) is 1.67. The van der Waals surface area contributed by atoms with Crippen molar-refractivity contribution in [2.75, 3.05) is 18.9 Å². The number of hydrogen-bond donors (Lipinski definition) is 2. The topological polar surface area (TPSA) is 54.0 Å². The summed E-state index contributed by atoms with van der Waals surface area (Å²) in [6.45, 7) is 0.257. The molecule has 0 unspecified atom stereocenters. The Balaban J connectivity index is 0. The van der Waals surface area contributed by atoms with Gasteiger partial charge in [0.25, 0.3) is 0 Å². The van der Waals surface area contributed by atoms with Crippen LogP contribution in [0.2, 0.25) is 0 Å². The van der Waals surface area contributed by atoms with Crippen molar-refractivity contribution >= 4 is 11.7 Å². The Morgan fingerprint density at radius 2 is 2.50 bits per heavy atom. The molecule has 1 aromatic rings. The Labute approximate surface area is 74.0 Å². The van der Waals surface area contributed by atoms with E-state index in [0.717, 1.165) is 0 Å². The van der Waals surface area contributed by atoms with Gasteiger partial charge in [0.15, 0.2) is 0 Å². The fourth-order valence-electron chi connectivity index (χ4n) is 0.727. The molecule has 68 valence electrons. The Kier molecular flexibility index (Phi) is 3.07. The minimum atomic E-state index is -0.0550. The van der Waals surface area contributed by atoms with Crippen LogP contribution < -0.4 is 10.6 Å². The quantitative estimate of drug-likeness (QED) is 0.701. The molecule has 1 aromatic heterocycles. The third kappa shape index (κ3) is 2.57. The zero-order valence-electron chi connectivity index (χ0n) is 6.87. The van der Waals surface area contributed by atoms with Crippen molar-refractivity contribution in [3.05, 3.63) is 24.4 Å². The van der Waals surface area contributed by atoms with Crippen LogP contribution in [0.1, 0.15) is 2.85 Å². The lowest BCUT2D eigenvalue weighted by atomic mass is 10.4. The monoisotopic (exact) mass is 169 g/mol. The van der Waals surface area contributed by atoms with Crippen molar-refractivity contribution in [2.24, 2.45) is 0 Å². The number of anilines is 1. The Bertz CT molecular complexity index is 256. The van der Waals surface area contributed by atoms with Gasteiger partial charge in [0.2, 0.25) is 5.91 Å². The highest BCUT2D eigenvalue weighted by Crippen LogP contribution is 1.97. The molecule has 2 N–H and O–H groups in total. The van der Waals surface area contributed by atoms with Crippen LogP contribution >= 0.6 is 0 Å². The predicted molar refractivity (Wildman–Crippen MR) is 51.0 cm³/mol. The van der Waals surface area contributed by atoms with Gasteiger partial charge < -0.3 is 10.6 Å². The number of amides is 1. The van der Waals surface area contributed by atoms with Gasteiger partial charge in [-0.25, -0.2) is 4.98 Å². The number of aromatic nitrogens is 1. The molecular formula is C8H15N3O. The largest absolute Gasteiger partial charge is 0.361 e. The SMILES string of the molecule is CNC(=O)CNc1ccccn1.[HH].[HH]. The average Bonchev–Trinajstić information content (AvgIpc) is 2.16. The number of likely N-dealkylation sites (N-methyl/N-ethyl adjacent to an activating group) is 1. The summed E-state index contributed by atoms with van der Waals surface area (Å²) in [6, 6.07) is 5.49. The van der Waals surface area contributed by atoms with Crippen molar-refractivity contribution in [3.63, 3.8) is 0 Å². The summed E-state index contributed by atoms with van der Waals surface area (Å²) in [7, 11) is 1.60. The lowest BCUT2D eigenvalue weighted by Gasteiger charge is -2.02. The zero-order chi connectivity index (χ0) is 8.81. The standard InChI is InChI=1S/C8H11N3O.2H2/c1-9-8(12)6-11-7-4-2-3-5-10-7;;/h2-5H,6H2,1H3,(H,9,12)(H,10,11);2*1H. The number of pyridine rings is 1. The summed E-state index contributed by atoms with van der Waals surface area (Å²) in [5.74, 6) is 0.654. The molecule has 1 amide bonds. The van der Waals surface area contributed by atoms with E-state index in [1.807, 2.05) is 18.2 Å². The van der Waals surface area contributed by atoms with Crippen LogP contribution in [0.25, 0.3) is 0 Å². The van der Waals surface area contributed by atoms with E-state index in [0.29, 0.717) is 5.82 Å². The summed E-state index contributed by atoms with van der Waals surface area (Å²) >= 11 is 0. The third-order valence-electron chi connectivity index (χ3n) is 1.37. The van der Waals surface area contributed by atoms with Gasteiger partial charge in [-0.05, 0) is 12.1 Å². The molecule has 0 bridgehead atoms. The minimum Gasteiger partial charge on any atom is -0.361 e. The maximum atomic E-state index is 10.8. The number of nitrogens with one attached hydrogen (secondary N) is 2. The second-order valence-corrected chi connectivity index (χ2v) is 2.24. The molecule has 0 aliphatic heterocycles. The molecule has 0 atom stereocenters. The second-order valence-electron chi connectivity index (χ2n) is 2.24. The number of carbonyl (C=O) groups is 1. The Morgan fingerprint density at radius 1 is 1.67 bits per heavy atom. The van der Waals surface area contributed by atoms with Gasteiger partial charge in [0, 0.05) is 16.1 Å². The first kappa shape index (κ1) is 8.52. The van der Waals surface area contributed by atoms with Crippen LogP contribution in [-0.2, 0) is 4.79 Å². The van der Waals surface area contributed by atoms with Crippen molar-refractivity contribution in [2.45, 2.75) is 0 Å². The molecule has 0 aliphatic rings. The summed E-state index contributed by atoms with van der Waals surface area (Å²) < 4.78 is 0. The molecule has 1 heterocycles. The van der Waals surface area contributed by atoms with Gasteiger partial charge in [-0.15, -0.1) is 0 Å². The molecule has 0 saturated carbocycles. The maximum Gasteiger partial charge on any atom is 0.239 e. The third-order valence-corrected chi connectivity index (χ3v) is 1.37. The lowest BCUT2D eigenvalue weighted by Crippen LogP contribution is -2.26. The number of hydrogen-bond acceptors (Lipinski definition) is 3. The summed E-state index contributed by atoms with van der Waals surface area (Å²) in [5, 5.41) is 5.38. The molecule has 0 spiro atoms. The van der Waals surface area contributed by atoms with Crippen LogP contribution in [0, 0.1) is 0 Å². The van der Waals surface area contributed by atoms with Crippen molar-refractivity contribution in [3.8, 4) is 0 Å². The minimum absolute atomic E-state index is 0. The number of nitrogens with zero attached hydrogens (tertiary/aromatic N) is 1. The molecule has 1 rings (SSSR count). The van der Waals surface area contributed by atoms with E-state index in [4.69, 9.17) is 0 Å². The van der Waals surface area contributed by atoms with E-state index in [2.05, 4.69) is 15.6 Å². The predicted octanol–water partition coefficient (Wildman–Crippen LogP) is 0.731. The van der Waals surface area contributed by atoms with Crippen LogP contribution in [0.3, 0.4) is 0 Å². The number of rotatable bonds is 3. The molecule has 12 heavy (non-hydrogen) atoms. The van der Waals surface area contributed by atoms with E-state index < -0.39 is 0 Å². The molecule has 0 saturated heterocycles. The van der Waals surface area contributed by atoms with E-state index in [-0.39, 0.29) is 15.3 Å². The molecule has 4 heteroatoms. The smallest absolute Gasteiger partial charge is 0.239 e. The molecular weight excluding hydrogens is 154 g/mol. The first-order valence-corrected chi connectivity index (χ1v) is 3.68. The molecule has 0 aromatic carbocycles. The lowest BCUT2D eigenvalue weighted by molar-refractivity contribution is -0.118. The van der Waals surface area contributed by atoms with Crippen LogP contribution in [0.5, 0.6) is 0 Å². The van der Waals surface area contributed by atoms with E-state index in [1.165, 1.54) is 0 Å². The van der Waals surface area contributed by atoms with Crippen LogP contribution in [-0.4, -0.2) is 24.5 Å². The highest BCUT2D eigenvalue weighted by atomic mass is 16.1. The number of carbonyl (C=O) groups excluding carboxylic acids is 1. The van der Waals surface area contributed by atoms with Crippen molar-refractivity contribution in [1.82, 2.24) is 10.3 Å². The Hall–Kier alpha value is -1.58. The first-order chi connectivity index (χ1) is 5.83. The van der Waals surface area contributed by atoms with Crippen LogP contribution in [0.15, 0.2) is 24.4 Å². The van der Waals surface area contributed by atoms with E-state index in [1.54, 1.807) is 13.2 Å². The van der Waals surface area contributed by atoms with E-state index in [9.17, 15) is 4.79 Å². The highest BCUT2D eigenvalue weighted by Gasteiger charge is 1.96. The fraction of sp³-hybridized carbons (Fsp3) is 0.250.